The minimum absolute atomic E-state index is 0.142. The van der Waals surface area contributed by atoms with Gasteiger partial charge in [-0.2, -0.15) is 0 Å². The van der Waals surface area contributed by atoms with E-state index < -0.39 is 0 Å². The molecule has 1 unspecified atom stereocenters. The molecule has 0 amide bonds. The number of nitrogens with one attached hydrogen (secondary N) is 1. The second-order valence-electron chi connectivity index (χ2n) is 5.11. The van der Waals surface area contributed by atoms with E-state index in [1.54, 1.807) is 6.26 Å². The zero-order valence-electron chi connectivity index (χ0n) is 11.4. The molecular weight excluding hydrogens is 272 g/mol. The molecule has 0 spiro atoms. The molecule has 1 N–H and O–H groups in total. The summed E-state index contributed by atoms with van der Waals surface area (Å²) in [7, 11) is 0. The van der Waals surface area contributed by atoms with E-state index in [-0.39, 0.29) is 6.04 Å². The van der Waals surface area contributed by atoms with Crippen molar-refractivity contribution in [2.24, 2.45) is 0 Å². The van der Waals surface area contributed by atoms with E-state index >= 15 is 0 Å². The maximum absolute atomic E-state index is 6.16. The molecule has 2 aromatic rings. The first-order chi connectivity index (χ1) is 9.84. The summed E-state index contributed by atoms with van der Waals surface area (Å²) >= 11 is 6.16. The summed E-state index contributed by atoms with van der Waals surface area (Å²) in [5.74, 6) is 0.981. The van der Waals surface area contributed by atoms with Crippen molar-refractivity contribution in [2.45, 2.75) is 12.5 Å². The standard InChI is InChI=1S/C16H19ClN2O/c17-14-5-1-4-13(12-14)16(15-6-2-11-20-15)19-9-3-7-18-8-10-19/h1-2,4-6,11-12,16,18H,3,7-10H2. The molecule has 0 saturated carbocycles. The number of rotatable bonds is 3. The third kappa shape index (κ3) is 3.06. The van der Waals surface area contributed by atoms with Crippen LogP contribution >= 0.6 is 11.6 Å². The van der Waals surface area contributed by atoms with Crippen LogP contribution < -0.4 is 5.32 Å². The molecule has 1 saturated heterocycles. The molecule has 1 aliphatic rings. The Labute approximate surface area is 124 Å². The van der Waals surface area contributed by atoms with Crippen LogP contribution in [-0.4, -0.2) is 31.1 Å². The van der Waals surface area contributed by atoms with Gasteiger partial charge in [0.15, 0.2) is 0 Å². The van der Waals surface area contributed by atoms with Gasteiger partial charge in [-0.15, -0.1) is 0 Å². The molecular formula is C16H19ClN2O. The van der Waals surface area contributed by atoms with E-state index in [1.807, 2.05) is 30.3 Å². The Morgan fingerprint density at radius 1 is 1.15 bits per heavy atom. The quantitative estimate of drug-likeness (QED) is 0.940. The normalized spacial score (nSPS) is 18.6. The van der Waals surface area contributed by atoms with Gasteiger partial charge < -0.3 is 9.73 Å². The van der Waals surface area contributed by atoms with Gasteiger partial charge in [-0.1, -0.05) is 23.7 Å². The molecule has 1 aliphatic heterocycles. The Balaban J connectivity index is 1.95. The number of benzene rings is 1. The van der Waals surface area contributed by atoms with Gasteiger partial charge in [0, 0.05) is 24.7 Å². The molecule has 1 fully saturated rings. The molecule has 2 heterocycles. The van der Waals surface area contributed by atoms with Crippen molar-refractivity contribution in [1.82, 2.24) is 10.2 Å². The number of halogens is 1. The number of furan rings is 1. The Hall–Kier alpha value is -1.29. The van der Waals surface area contributed by atoms with E-state index in [1.165, 1.54) is 5.56 Å². The first-order valence-corrected chi connectivity index (χ1v) is 7.46. The largest absolute Gasteiger partial charge is 0.467 e. The van der Waals surface area contributed by atoms with Crippen molar-refractivity contribution in [3.8, 4) is 0 Å². The summed E-state index contributed by atoms with van der Waals surface area (Å²) < 4.78 is 5.68. The lowest BCUT2D eigenvalue weighted by Gasteiger charge is -2.29. The van der Waals surface area contributed by atoms with Gasteiger partial charge in [0.1, 0.15) is 5.76 Å². The average Bonchev–Trinajstić information content (AvgIpc) is 2.83. The van der Waals surface area contributed by atoms with E-state index in [2.05, 4.69) is 16.3 Å². The number of hydrogen-bond donors (Lipinski definition) is 1. The maximum atomic E-state index is 6.16. The highest BCUT2D eigenvalue weighted by Gasteiger charge is 2.25. The van der Waals surface area contributed by atoms with E-state index in [4.69, 9.17) is 16.0 Å². The summed E-state index contributed by atoms with van der Waals surface area (Å²) in [5, 5.41) is 4.21. The third-order valence-electron chi connectivity index (χ3n) is 3.72. The van der Waals surface area contributed by atoms with Crippen molar-refractivity contribution in [2.75, 3.05) is 26.2 Å². The van der Waals surface area contributed by atoms with Gasteiger partial charge in [-0.05, 0) is 42.8 Å². The zero-order valence-corrected chi connectivity index (χ0v) is 12.1. The minimum atomic E-state index is 0.142. The van der Waals surface area contributed by atoms with Gasteiger partial charge in [0.05, 0.1) is 12.3 Å². The predicted molar refractivity (Wildman–Crippen MR) is 81.1 cm³/mol. The van der Waals surface area contributed by atoms with Gasteiger partial charge in [-0.25, -0.2) is 0 Å². The highest BCUT2D eigenvalue weighted by Crippen LogP contribution is 2.30. The fourth-order valence-corrected chi connectivity index (χ4v) is 3.00. The van der Waals surface area contributed by atoms with Crippen molar-refractivity contribution >= 4 is 11.6 Å². The van der Waals surface area contributed by atoms with Crippen LogP contribution in [-0.2, 0) is 0 Å². The Morgan fingerprint density at radius 2 is 2.10 bits per heavy atom. The van der Waals surface area contributed by atoms with Crippen LogP contribution in [0.15, 0.2) is 47.1 Å². The van der Waals surface area contributed by atoms with Crippen LogP contribution in [0.1, 0.15) is 23.8 Å². The lowest BCUT2D eigenvalue weighted by Crippen LogP contribution is -2.32. The molecule has 0 aliphatic carbocycles. The molecule has 3 nitrogen and oxygen atoms in total. The smallest absolute Gasteiger partial charge is 0.125 e. The van der Waals surface area contributed by atoms with Gasteiger partial charge in [0.2, 0.25) is 0 Å². The number of nitrogens with zero attached hydrogens (tertiary/aromatic N) is 1. The minimum Gasteiger partial charge on any atom is -0.467 e. The molecule has 106 valence electrons. The molecule has 3 rings (SSSR count). The first-order valence-electron chi connectivity index (χ1n) is 7.08. The second-order valence-corrected chi connectivity index (χ2v) is 5.55. The fraction of sp³-hybridized carbons (Fsp3) is 0.375. The predicted octanol–water partition coefficient (Wildman–Crippen LogP) is 3.32. The van der Waals surface area contributed by atoms with Gasteiger partial charge in [-0.3, -0.25) is 4.90 Å². The van der Waals surface area contributed by atoms with Crippen LogP contribution in [0.5, 0.6) is 0 Å². The monoisotopic (exact) mass is 290 g/mol. The summed E-state index contributed by atoms with van der Waals surface area (Å²) in [4.78, 5) is 2.46. The van der Waals surface area contributed by atoms with Crippen LogP contribution in [0, 0.1) is 0 Å². The van der Waals surface area contributed by atoms with E-state index in [0.717, 1.165) is 43.4 Å². The lowest BCUT2D eigenvalue weighted by molar-refractivity contribution is 0.216. The van der Waals surface area contributed by atoms with Crippen molar-refractivity contribution in [3.63, 3.8) is 0 Å². The second kappa shape index (κ2) is 6.44. The Bertz CT molecular complexity index is 533. The summed E-state index contributed by atoms with van der Waals surface area (Å²) in [6, 6.07) is 12.2. The lowest BCUT2D eigenvalue weighted by atomic mass is 10.0. The van der Waals surface area contributed by atoms with Crippen molar-refractivity contribution in [3.05, 3.63) is 59.0 Å². The van der Waals surface area contributed by atoms with E-state index in [0.29, 0.717) is 0 Å². The molecule has 1 aromatic carbocycles. The summed E-state index contributed by atoms with van der Waals surface area (Å²) in [5.41, 5.74) is 1.19. The molecule has 0 radical (unpaired) electrons. The highest BCUT2D eigenvalue weighted by atomic mass is 35.5. The first kappa shape index (κ1) is 13.7. The topological polar surface area (TPSA) is 28.4 Å². The molecule has 1 aromatic heterocycles. The average molecular weight is 291 g/mol. The zero-order chi connectivity index (χ0) is 13.8. The van der Waals surface area contributed by atoms with Crippen molar-refractivity contribution in [1.29, 1.82) is 0 Å². The SMILES string of the molecule is Clc1cccc(C(c2ccco2)N2CCCNCC2)c1. The number of hydrogen-bond acceptors (Lipinski definition) is 3. The van der Waals surface area contributed by atoms with Crippen LogP contribution in [0.3, 0.4) is 0 Å². The highest BCUT2D eigenvalue weighted by molar-refractivity contribution is 6.30. The van der Waals surface area contributed by atoms with Gasteiger partial charge in [0.25, 0.3) is 0 Å². The Kier molecular flexibility index (Phi) is 4.41. The Morgan fingerprint density at radius 3 is 2.90 bits per heavy atom. The van der Waals surface area contributed by atoms with E-state index in [9.17, 15) is 0 Å². The molecule has 20 heavy (non-hydrogen) atoms. The molecule has 4 heteroatoms. The van der Waals surface area contributed by atoms with Gasteiger partial charge >= 0.3 is 0 Å². The van der Waals surface area contributed by atoms with Crippen molar-refractivity contribution < 1.29 is 4.42 Å². The maximum Gasteiger partial charge on any atom is 0.125 e. The van der Waals surface area contributed by atoms with Crippen LogP contribution in [0.4, 0.5) is 0 Å². The summed E-state index contributed by atoms with van der Waals surface area (Å²) in [6.45, 7) is 4.16. The van der Waals surface area contributed by atoms with Crippen LogP contribution in [0.25, 0.3) is 0 Å². The summed E-state index contributed by atoms with van der Waals surface area (Å²) in [6.07, 6.45) is 2.89. The molecule has 1 atom stereocenters. The molecule has 0 bridgehead atoms. The van der Waals surface area contributed by atoms with Crippen LogP contribution in [0.2, 0.25) is 5.02 Å². The third-order valence-corrected chi connectivity index (χ3v) is 3.95. The fourth-order valence-electron chi connectivity index (χ4n) is 2.80.